The quantitative estimate of drug-likeness (QED) is 0.361. The smallest absolute Gasteiger partial charge is 0.144 e. The molecule has 5 rings (SSSR count). The molecule has 0 radical (unpaired) electrons. The van der Waals surface area contributed by atoms with Crippen molar-refractivity contribution < 1.29 is 8.53 Å². The van der Waals surface area contributed by atoms with Crippen LogP contribution < -0.4 is 0 Å². The van der Waals surface area contributed by atoms with Gasteiger partial charge in [0.2, 0.25) is 0 Å². The van der Waals surface area contributed by atoms with Gasteiger partial charge in [-0.15, -0.1) is 0 Å². The zero-order valence-electron chi connectivity index (χ0n) is 16.9. The van der Waals surface area contributed by atoms with Gasteiger partial charge in [-0.05, 0) is 41.7 Å². The molecule has 0 aliphatic rings. The second kappa shape index (κ2) is 5.85. The second-order valence-corrected chi connectivity index (χ2v) is 6.26. The predicted molar refractivity (Wildman–Crippen MR) is 107 cm³/mol. The van der Waals surface area contributed by atoms with Crippen molar-refractivity contribution in [3.63, 3.8) is 0 Å². The third-order valence-corrected chi connectivity index (χ3v) is 4.67. The van der Waals surface area contributed by atoms with Gasteiger partial charge in [0, 0.05) is 26.6 Å². The van der Waals surface area contributed by atoms with Crippen molar-refractivity contribution in [1.29, 1.82) is 0 Å². The highest BCUT2D eigenvalue weighted by atomic mass is 16.3. The van der Waals surface area contributed by atoms with Crippen LogP contribution in [0, 0.1) is 6.85 Å². The van der Waals surface area contributed by atoms with Gasteiger partial charge in [-0.1, -0.05) is 60.7 Å². The SMILES string of the molecule is [2H]C([2H])([2H])c1cnc(-c2cccc3c2oc2ccccc23)cc1-c1ccccc1. The van der Waals surface area contributed by atoms with Crippen LogP contribution in [-0.4, -0.2) is 4.98 Å². The fourth-order valence-corrected chi connectivity index (χ4v) is 3.41. The van der Waals surface area contributed by atoms with E-state index in [2.05, 4.69) is 4.98 Å². The molecule has 0 atom stereocenters. The van der Waals surface area contributed by atoms with Gasteiger partial charge in [0.15, 0.2) is 0 Å². The topological polar surface area (TPSA) is 26.0 Å². The molecule has 124 valence electrons. The summed E-state index contributed by atoms with van der Waals surface area (Å²) in [6.45, 7) is -2.25. The fourth-order valence-electron chi connectivity index (χ4n) is 3.41. The molecule has 2 heterocycles. The molecule has 0 saturated carbocycles. The molecule has 0 aliphatic carbocycles. The number of pyridine rings is 1. The van der Waals surface area contributed by atoms with Crippen LogP contribution in [0.4, 0.5) is 0 Å². The molecule has 0 bridgehead atoms. The average molecular weight is 338 g/mol. The van der Waals surface area contributed by atoms with Gasteiger partial charge < -0.3 is 4.42 Å². The van der Waals surface area contributed by atoms with E-state index in [-0.39, 0.29) is 5.56 Å². The van der Waals surface area contributed by atoms with Crippen LogP contribution in [-0.2, 0) is 0 Å². The second-order valence-electron chi connectivity index (χ2n) is 6.26. The summed E-state index contributed by atoms with van der Waals surface area (Å²) in [7, 11) is 0. The van der Waals surface area contributed by atoms with Crippen molar-refractivity contribution >= 4 is 21.9 Å². The zero-order valence-corrected chi connectivity index (χ0v) is 13.9. The van der Waals surface area contributed by atoms with Crippen molar-refractivity contribution in [2.24, 2.45) is 0 Å². The molecule has 0 fully saturated rings. The Labute approximate surface area is 156 Å². The Hall–Kier alpha value is -3.39. The molecule has 2 aromatic heterocycles. The summed E-state index contributed by atoms with van der Waals surface area (Å²) in [5, 5.41) is 2.06. The number of aryl methyl sites for hydroxylation is 1. The summed E-state index contributed by atoms with van der Waals surface area (Å²) >= 11 is 0. The Morgan fingerprint density at radius 2 is 1.62 bits per heavy atom. The molecule has 2 heteroatoms. The molecular formula is C24H17NO. The molecule has 2 nitrogen and oxygen atoms in total. The molecule has 0 aliphatic heterocycles. The first kappa shape index (κ1) is 12.0. The van der Waals surface area contributed by atoms with Gasteiger partial charge >= 0.3 is 0 Å². The van der Waals surface area contributed by atoms with Gasteiger partial charge in [-0.2, -0.15) is 0 Å². The van der Waals surface area contributed by atoms with E-state index in [1.807, 2.05) is 78.9 Å². The van der Waals surface area contributed by atoms with Crippen LogP contribution >= 0.6 is 0 Å². The van der Waals surface area contributed by atoms with Crippen LogP contribution in [0.5, 0.6) is 0 Å². The summed E-state index contributed by atoms with van der Waals surface area (Å²) in [5.41, 5.74) is 4.83. The Morgan fingerprint density at radius 3 is 2.50 bits per heavy atom. The summed E-state index contributed by atoms with van der Waals surface area (Å²) < 4.78 is 29.9. The lowest BCUT2D eigenvalue weighted by molar-refractivity contribution is 0.670. The van der Waals surface area contributed by atoms with Crippen molar-refractivity contribution in [3.8, 4) is 22.4 Å². The maximum Gasteiger partial charge on any atom is 0.144 e. The minimum Gasteiger partial charge on any atom is -0.455 e. The predicted octanol–water partition coefficient (Wildman–Crippen LogP) is 6.62. The minimum absolute atomic E-state index is 0.240. The minimum atomic E-state index is -2.25. The number of benzene rings is 3. The van der Waals surface area contributed by atoms with Crippen molar-refractivity contribution in [1.82, 2.24) is 4.98 Å². The molecular weight excluding hydrogens is 318 g/mol. The standard InChI is InChI=1S/C24H17NO/c1-16-15-25-22(14-21(16)17-8-3-2-4-9-17)20-12-7-11-19-18-10-5-6-13-23(18)26-24(19)20/h2-15H,1H3/i1D3. The van der Waals surface area contributed by atoms with Gasteiger partial charge in [0.05, 0.1) is 5.69 Å². The molecule has 0 spiro atoms. The van der Waals surface area contributed by atoms with Crippen LogP contribution in [0.1, 0.15) is 9.68 Å². The third kappa shape index (κ3) is 2.31. The molecule has 0 N–H and O–H groups in total. The number of nitrogens with zero attached hydrogens (tertiary/aromatic N) is 1. The van der Waals surface area contributed by atoms with E-state index < -0.39 is 6.85 Å². The van der Waals surface area contributed by atoms with E-state index in [4.69, 9.17) is 8.53 Å². The van der Waals surface area contributed by atoms with E-state index in [1.54, 1.807) is 0 Å². The number of aromatic nitrogens is 1. The first-order chi connectivity index (χ1) is 14.0. The third-order valence-electron chi connectivity index (χ3n) is 4.67. The van der Waals surface area contributed by atoms with Crippen molar-refractivity contribution in [2.75, 3.05) is 0 Å². The number of rotatable bonds is 2. The summed E-state index contributed by atoms with van der Waals surface area (Å²) in [6, 6.07) is 25.3. The van der Waals surface area contributed by atoms with E-state index in [9.17, 15) is 0 Å². The Morgan fingerprint density at radius 1 is 0.808 bits per heavy atom. The van der Waals surface area contributed by atoms with E-state index >= 15 is 0 Å². The van der Waals surface area contributed by atoms with Gasteiger partial charge in [-0.25, -0.2) is 0 Å². The molecule has 0 amide bonds. The van der Waals surface area contributed by atoms with E-state index in [0.29, 0.717) is 11.3 Å². The van der Waals surface area contributed by atoms with E-state index in [1.165, 1.54) is 6.20 Å². The Kier molecular flexibility index (Phi) is 2.71. The lowest BCUT2D eigenvalue weighted by Gasteiger charge is -2.09. The molecule has 0 saturated heterocycles. The fraction of sp³-hybridized carbons (Fsp3) is 0.0417. The maximum absolute atomic E-state index is 7.92. The Bertz CT molecular complexity index is 1340. The van der Waals surface area contributed by atoms with Gasteiger partial charge in [0.25, 0.3) is 0 Å². The molecule has 0 unspecified atom stereocenters. The van der Waals surface area contributed by atoms with Crippen molar-refractivity contribution in [3.05, 3.63) is 90.6 Å². The maximum atomic E-state index is 7.92. The normalized spacial score (nSPS) is 13.5. The molecule has 3 aromatic carbocycles. The largest absolute Gasteiger partial charge is 0.455 e. The first-order valence-electron chi connectivity index (χ1n) is 9.99. The van der Waals surface area contributed by atoms with E-state index in [0.717, 1.165) is 33.1 Å². The van der Waals surface area contributed by atoms with Crippen LogP contribution in [0.3, 0.4) is 0 Å². The number of para-hydroxylation sites is 2. The summed E-state index contributed by atoms with van der Waals surface area (Å²) in [6.07, 6.45) is 1.46. The van der Waals surface area contributed by atoms with Crippen LogP contribution in [0.2, 0.25) is 0 Å². The van der Waals surface area contributed by atoms with Crippen LogP contribution in [0.15, 0.2) is 89.5 Å². The lowest BCUT2D eigenvalue weighted by Crippen LogP contribution is -1.90. The van der Waals surface area contributed by atoms with Gasteiger partial charge in [-0.3, -0.25) is 4.98 Å². The zero-order chi connectivity index (χ0) is 20.0. The number of hydrogen-bond donors (Lipinski definition) is 0. The lowest BCUT2D eigenvalue weighted by atomic mass is 9.99. The van der Waals surface area contributed by atoms with Crippen LogP contribution in [0.25, 0.3) is 44.3 Å². The highest BCUT2D eigenvalue weighted by molar-refractivity contribution is 6.09. The molecule has 5 aromatic rings. The number of fused-ring (bicyclic) bond motifs is 3. The highest BCUT2D eigenvalue weighted by Gasteiger charge is 2.14. The summed E-state index contributed by atoms with van der Waals surface area (Å²) in [4.78, 5) is 4.50. The highest BCUT2D eigenvalue weighted by Crippen LogP contribution is 2.36. The first-order valence-corrected chi connectivity index (χ1v) is 8.49. The average Bonchev–Trinajstić information content (AvgIpc) is 3.12. The monoisotopic (exact) mass is 338 g/mol. The molecule has 26 heavy (non-hydrogen) atoms. The number of furan rings is 1. The Balaban J connectivity index is 1.77. The number of hydrogen-bond acceptors (Lipinski definition) is 2. The summed E-state index contributed by atoms with van der Waals surface area (Å²) in [5.74, 6) is 0. The van der Waals surface area contributed by atoms with Crippen molar-refractivity contribution in [2.45, 2.75) is 6.85 Å². The van der Waals surface area contributed by atoms with Gasteiger partial charge in [0.1, 0.15) is 11.2 Å².